The fourth-order valence-corrected chi connectivity index (χ4v) is 5.78. The number of para-hydroxylation sites is 1. The average Bonchev–Trinajstić information content (AvgIpc) is 3.18. The smallest absolute Gasteiger partial charge is 0.296 e. The van der Waals surface area contributed by atoms with Crippen LogP contribution in [0.2, 0.25) is 0 Å². The molecule has 6 nitrogen and oxygen atoms in total. The zero-order chi connectivity index (χ0) is 27.4. The lowest BCUT2D eigenvalue weighted by Crippen LogP contribution is -2.33. The first-order valence-corrected chi connectivity index (χ1v) is 13.4. The lowest BCUT2D eigenvalue weighted by atomic mass is 9.78. The molecule has 0 saturated carbocycles. The summed E-state index contributed by atoms with van der Waals surface area (Å²) in [4.78, 5) is 29.0. The first-order chi connectivity index (χ1) is 17.1. The number of thiocarbonyl (C=S) groups is 1. The predicted molar refractivity (Wildman–Crippen MR) is 157 cm³/mol. The van der Waals surface area contributed by atoms with Crippen LogP contribution in [0.25, 0.3) is 11.8 Å². The zero-order valence-electron chi connectivity index (χ0n) is 22.5. The first-order valence-electron chi connectivity index (χ1n) is 12.1. The SMILES string of the molecule is Cc1c(N2C(=O)C(=Cc3cc(C(C)(C)C)c(O)c(C(C)(C)C)c3)SC2=S)c(=O)n(-c2ccccc2)n1C. The molecule has 1 aliphatic heterocycles. The average molecular weight is 536 g/mol. The van der Waals surface area contributed by atoms with Crippen LogP contribution in [0.3, 0.4) is 0 Å². The maximum absolute atomic E-state index is 13.7. The molecule has 2 heterocycles. The molecule has 2 aromatic carbocycles. The molecule has 1 saturated heterocycles. The van der Waals surface area contributed by atoms with Crippen LogP contribution in [0, 0.1) is 6.92 Å². The summed E-state index contributed by atoms with van der Waals surface area (Å²) in [5, 5.41) is 11.1. The van der Waals surface area contributed by atoms with Crippen molar-refractivity contribution in [1.29, 1.82) is 0 Å². The third kappa shape index (κ3) is 4.80. The zero-order valence-corrected chi connectivity index (χ0v) is 24.2. The Morgan fingerprint density at radius 2 is 1.49 bits per heavy atom. The standard InChI is InChI=1S/C29H33N3O3S2/c1-17-23(26(35)32(30(17)8)19-12-10-9-11-13-19)31-25(34)22(37-27(31)36)16-18-14-20(28(2,3)4)24(33)21(15-18)29(5,6)7/h9-16,33H,1-8H3. The van der Waals surface area contributed by atoms with E-state index in [9.17, 15) is 14.7 Å². The number of hydrogen-bond acceptors (Lipinski definition) is 5. The number of benzene rings is 2. The highest BCUT2D eigenvalue weighted by molar-refractivity contribution is 8.27. The van der Waals surface area contributed by atoms with Gasteiger partial charge in [0.2, 0.25) is 0 Å². The molecule has 0 spiro atoms. The van der Waals surface area contributed by atoms with Crippen LogP contribution in [0.1, 0.15) is 63.9 Å². The highest BCUT2D eigenvalue weighted by Gasteiger charge is 2.38. The van der Waals surface area contributed by atoms with Gasteiger partial charge in [0, 0.05) is 18.2 Å². The minimum absolute atomic E-state index is 0.258. The van der Waals surface area contributed by atoms with Gasteiger partial charge in [-0.05, 0) is 53.7 Å². The largest absolute Gasteiger partial charge is 0.507 e. The molecule has 3 aromatic rings. The van der Waals surface area contributed by atoms with E-state index < -0.39 is 0 Å². The van der Waals surface area contributed by atoms with Gasteiger partial charge >= 0.3 is 0 Å². The van der Waals surface area contributed by atoms with Gasteiger partial charge in [0.15, 0.2) is 4.32 Å². The van der Waals surface area contributed by atoms with Crippen molar-refractivity contribution in [3.05, 3.63) is 80.1 Å². The number of aromatic nitrogens is 2. The van der Waals surface area contributed by atoms with Crippen molar-refractivity contribution >= 4 is 46.0 Å². The molecule has 194 valence electrons. The Hall–Kier alpha value is -3.10. The van der Waals surface area contributed by atoms with Crippen LogP contribution in [-0.4, -0.2) is 24.7 Å². The van der Waals surface area contributed by atoms with Crippen molar-refractivity contribution in [3.63, 3.8) is 0 Å². The Morgan fingerprint density at radius 3 is 2.00 bits per heavy atom. The monoisotopic (exact) mass is 535 g/mol. The quantitative estimate of drug-likeness (QED) is 0.320. The lowest BCUT2D eigenvalue weighted by Gasteiger charge is -2.28. The number of carbonyl (C=O) groups is 1. The summed E-state index contributed by atoms with van der Waals surface area (Å²) in [6.07, 6.45) is 1.80. The number of rotatable bonds is 3. The minimum Gasteiger partial charge on any atom is -0.507 e. The number of amides is 1. The summed E-state index contributed by atoms with van der Waals surface area (Å²) >= 11 is 6.78. The molecule has 0 unspecified atom stereocenters. The molecule has 1 N–H and O–H groups in total. The lowest BCUT2D eigenvalue weighted by molar-refractivity contribution is -0.113. The molecular formula is C29H33N3O3S2. The van der Waals surface area contributed by atoms with E-state index in [-0.39, 0.29) is 33.7 Å². The highest BCUT2D eigenvalue weighted by Crippen LogP contribution is 2.42. The summed E-state index contributed by atoms with van der Waals surface area (Å²) in [5.74, 6) is -0.0465. The molecule has 1 aromatic heterocycles. The molecule has 1 aliphatic rings. The summed E-state index contributed by atoms with van der Waals surface area (Å²) < 4.78 is 3.59. The number of phenolic OH excluding ortho intramolecular Hbond substituents is 1. The van der Waals surface area contributed by atoms with Gasteiger partial charge in [0.25, 0.3) is 11.5 Å². The fraction of sp³-hybridized carbons (Fsp3) is 0.345. The first kappa shape index (κ1) is 26.9. The maximum atomic E-state index is 13.7. The molecular weight excluding hydrogens is 502 g/mol. The van der Waals surface area contributed by atoms with E-state index in [0.717, 1.165) is 16.7 Å². The normalized spacial score (nSPS) is 15.8. The molecule has 1 fully saturated rings. The van der Waals surface area contributed by atoms with Crippen LogP contribution in [-0.2, 0) is 22.7 Å². The van der Waals surface area contributed by atoms with Crippen LogP contribution in [0.15, 0.2) is 52.2 Å². The van der Waals surface area contributed by atoms with Gasteiger partial charge < -0.3 is 5.11 Å². The van der Waals surface area contributed by atoms with Gasteiger partial charge in [-0.2, -0.15) is 0 Å². The second-order valence-corrected chi connectivity index (χ2v) is 13.1. The summed E-state index contributed by atoms with van der Waals surface area (Å²) in [7, 11) is 1.79. The molecule has 1 amide bonds. The maximum Gasteiger partial charge on any atom is 0.296 e. The minimum atomic E-state index is -0.330. The Kier molecular flexibility index (Phi) is 6.80. The predicted octanol–water partition coefficient (Wildman–Crippen LogP) is 6.19. The second kappa shape index (κ2) is 9.33. The number of aromatic hydroxyl groups is 1. The Labute approximate surface area is 227 Å². The highest BCUT2D eigenvalue weighted by atomic mass is 32.2. The summed E-state index contributed by atoms with van der Waals surface area (Å²) in [6.45, 7) is 14.1. The van der Waals surface area contributed by atoms with Crippen molar-refractivity contribution < 1.29 is 9.90 Å². The van der Waals surface area contributed by atoms with Crippen LogP contribution in [0.5, 0.6) is 5.75 Å². The number of thioether (sulfide) groups is 1. The van der Waals surface area contributed by atoms with Gasteiger partial charge in [-0.3, -0.25) is 19.2 Å². The van der Waals surface area contributed by atoms with Gasteiger partial charge in [0.05, 0.1) is 16.3 Å². The number of hydrogen-bond donors (Lipinski definition) is 1. The summed E-state index contributed by atoms with van der Waals surface area (Å²) in [6, 6.07) is 13.2. The van der Waals surface area contributed by atoms with Crippen molar-refractivity contribution in [3.8, 4) is 11.4 Å². The molecule has 4 rings (SSSR count). The van der Waals surface area contributed by atoms with E-state index in [2.05, 4.69) is 0 Å². The fourth-order valence-electron chi connectivity index (χ4n) is 4.51. The molecule has 0 atom stereocenters. The second-order valence-electron chi connectivity index (χ2n) is 11.4. The Morgan fingerprint density at radius 1 is 0.946 bits per heavy atom. The van der Waals surface area contributed by atoms with Crippen LogP contribution in [0.4, 0.5) is 5.69 Å². The van der Waals surface area contributed by atoms with Crippen molar-refractivity contribution in [2.24, 2.45) is 7.05 Å². The number of carbonyl (C=O) groups excluding carboxylic acids is 1. The van der Waals surface area contributed by atoms with E-state index in [1.807, 2.05) is 90.9 Å². The van der Waals surface area contributed by atoms with Gasteiger partial charge in [-0.1, -0.05) is 83.7 Å². The number of anilines is 1. The number of nitrogens with zero attached hydrogens (tertiary/aromatic N) is 3. The third-order valence-electron chi connectivity index (χ3n) is 6.59. The van der Waals surface area contributed by atoms with Gasteiger partial charge in [-0.15, -0.1) is 0 Å². The van der Waals surface area contributed by atoms with Crippen molar-refractivity contribution in [2.75, 3.05) is 4.90 Å². The van der Waals surface area contributed by atoms with E-state index >= 15 is 0 Å². The Balaban J connectivity index is 1.82. The topological polar surface area (TPSA) is 67.5 Å². The third-order valence-corrected chi connectivity index (χ3v) is 7.89. The van der Waals surface area contributed by atoms with Gasteiger partial charge in [-0.25, -0.2) is 4.68 Å². The molecule has 0 aliphatic carbocycles. The molecule has 0 radical (unpaired) electrons. The molecule has 0 bridgehead atoms. The molecule has 8 heteroatoms. The summed E-state index contributed by atoms with van der Waals surface area (Å²) in [5.41, 5.74) is 3.14. The van der Waals surface area contributed by atoms with E-state index in [0.29, 0.717) is 20.6 Å². The number of phenols is 1. The van der Waals surface area contributed by atoms with Crippen LogP contribution >= 0.6 is 24.0 Å². The molecule has 37 heavy (non-hydrogen) atoms. The van der Waals surface area contributed by atoms with Crippen LogP contribution < -0.4 is 10.5 Å². The van der Waals surface area contributed by atoms with E-state index in [1.54, 1.807) is 17.8 Å². The Bertz CT molecular complexity index is 1470. The van der Waals surface area contributed by atoms with E-state index in [1.165, 1.54) is 21.3 Å². The van der Waals surface area contributed by atoms with Crippen molar-refractivity contribution in [2.45, 2.75) is 59.3 Å². The van der Waals surface area contributed by atoms with E-state index in [4.69, 9.17) is 12.2 Å². The van der Waals surface area contributed by atoms with Crippen molar-refractivity contribution in [1.82, 2.24) is 9.36 Å². The van der Waals surface area contributed by atoms with Gasteiger partial charge in [0.1, 0.15) is 11.4 Å².